The van der Waals surface area contributed by atoms with E-state index in [0.717, 1.165) is 56.6 Å². The summed E-state index contributed by atoms with van der Waals surface area (Å²) in [5.41, 5.74) is 0. The third kappa shape index (κ3) is 9.20. The van der Waals surface area contributed by atoms with E-state index in [2.05, 4.69) is 39.7 Å². The van der Waals surface area contributed by atoms with E-state index in [9.17, 15) is 0 Å². The molecule has 2 rings (SSSR count). The lowest BCUT2D eigenvalue weighted by Gasteiger charge is -2.16. The predicted octanol–water partition coefficient (Wildman–Crippen LogP) is 2.02. The van der Waals surface area contributed by atoms with E-state index in [4.69, 9.17) is 9.47 Å². The molecule has 0 radical (unpaired) electrons. The van der Waals surface area contributed by atoms with Crippen molar-refractivity contribution >= 4 is 29.9 Å². The van der Waals surface area contributed by atoms with Gasteiger partial charge in [-0.25, -0.2) is 4.99 Å². The maximum Gasteiger partial charge on any atom is 0.191 e. The van der Waals surface area contributed by atoms with Crippen LogP contribution in [0.25, 0.3) is 0 Å². The van der Waals surface area contributed by atoms with E-state index in [1.54, 1.807) is 0 Å². The Morgan fingerprint density at radius 2 is 2.15 bits per heavy atom. The number of aliphatic imine (C=N–C) groups is 1. The van der Waals surface area contributed by atoms with Crippen molar-refractivity contribution in [2.75, 3.05) is 32.9 Å². The van der Waals surface area contributed by atoms with Crippen LogP contribution in [-0.2, 0) is 23.1 Å². The van der Waals surface area contributed by atoms with Gasteiger partial charge in [-0.3, -0.25) is 0 Å². The first-order valence-corrected chi connectivity index (χ1v) is 9.62. The molecule has 0 spiro atoms. The van der Waals surface area contributed by atoms with Gasteiger partial charge < -0.3 is 24.7 Å². The van der Waals surface area contributed by atoms with E-state index in [1.165, 1.54) is 0 Å². The molecule has 1 atom stereocenters. The Kier molecular flexibility index (Phi) is 11.8. The zero-order chi connectivity index (χ0) is 18.8. The molecule has 1 fully saturated rings. The number of halogens is 1. The Balaban J connectivity index is 0.00000364. The number of hydrogen-bond acceptors (Lipinski definition) is 5. The second kappa shape index (κ2) is 13.3. The minimum absolute atomic E-state index is 0. The smallest absolute Gasteiger partial charge is 0.191 e. The molecule has 2 heterocycles. The lowest BCUT2D eigenvalue weighted by atomic mass is 10.1. The molecule has 1 saturated heterocycles. The van der Waals surface area contributed by atoms with Gasteiger partial charge in [-0.1, -0.05) is 13.8 Å². The molecule has 1 unspecified atom stereocenters. The molecule has 27 heavy (non-hydrogen) atoms. The van der Waals surface area contributed by atoms with Crippen molar-refractivity contribution in [3.8, 4) is 0 Å². The predicted molar refractivity (Wildman–Crippen MR) is 118 cm³/mol. The van der Waals surface area contributed by atoms with Crippen molar-refractivity contribution in [3.63, 3.8) is 0 Å². The lowest BCUT2D eigenvalue weighted by Crippen LogP contribution is -2.42. The van der Waals surface area contributed by atoms with Crippen LogP contribution < -0.4 is 10.6 Å². The standard InChI is InChI=1S/C18H34N6O2.HI/c1-14(2)7-10-25-11-8-19-18(20-12-16-6-5-9-26-16)21-13-17-23-22-15(3)24(17)4;/h14,16H,5-13H2,1-4H3,(H2,19,20,21);1H. The molecule has 8 nitrogen and oxygen atoms in total. The maximum absolute atomic E-state index is 5.67. The first-order chi connectivity index (χ1) is 12.6. The molecule has 0 aromatic carbocycles. The van der Waals surface area contributed by atoms with Gasteiger partial charge in [0, 0.05) is 33.4 Å². The van der Waals surface area contributed by atoms with Gasteiger partial charge in [-0.15, -0.1) is 34.2 Å². The summed E-state index contributed by atoms with van der Waals surface area (Å²) >= 11 is 0. The van der Waals surface area contributed by atoms with Crippen molar-refractivity contribution in [2.45, 2.75) is 52.7 Å². The SMILES string of the molecule is Cc1nnc(CN=C(NCCOCCC(C)C)NCC2CCCO2)n1C.I. The highest BCUT2D eigenvalue weighted by atomic mass is 127. The van der Waals surface area contributed by atoms with Gasteiger partial charge in [0.1, 0.15) is 12.4 Å². The fourth-order valence-electron chi connectivity index (χ4n) is 2.59. The molecule has 2 N–H and O–H groups in total. The highest BCUT2D eigenvalue weighted by molar-refractivity contribution is 14.0. The molecular weight excluding hydrogens is 459 g/mol. The summed E-state index contributed by atoms with van der Waals surface area (Å²) in [7, 11) is 1.95. The van der Waals surface area contributed by atoms with Crippen molar-refractivity contribution in [1.82, 2.24) is 25.4 Å². The molecule has 1 aromatic heterocycles. The maximum atomic E-state index is 5.67. The summed E-state index contributed by atoms with van der Waals surface area (Å²) in [5, 5.41) is 14.9. The zero-order valence-electron chi connectivity index (χ0n) is 17.0. The van der Waals surface area contributed by atoms with Crippen molar-refractivity contribution in [1.29, 1.82) is 0 Å². The van der Waals surface area contributed by atoms with Crippen LogP contribution in [0.1, 0.15) is 44.8 Å². The molecule has 9 heteroatoms. The second-order valence-corrected chi connectivity index (χ2v) is 7.12. The molecule has 0 amide bonds. The van der Waals surface area contributed by atoms with E-state index >= 15 is 0 Å². The number of nitrogens with one attached hydrogen (secondary N) is 2. The number of rotatable bonds is 10. The van der Waals surface area contributed by atoms with Gasteiger partial charge >= 0.3 is 0 Å². The second-order valence-electron chi connectivity index (χ2n) is 7.12. The number of ether oxygens (including phenoxy) is 2. The molecule has 0 bridgehead atoms. The minimum atomic E-state index is 0. The summed E-state index contributed by atoms with van der Waals surface area (Å²) in [5.74, 6) is 3.15. The van der Waals surface area contributed by atoms with Crippen LogP contribution in [0.3, 0.4) is 0 Å². The van der Waals surface area contributed by atoms with Crippen molar-refractivity contribution in [3.05, 3.63) is 11.6 Å². The van der Waals surface area contributed by atoms with Crippen LogP contribution in [-0.4, -0.2) is 59.7 Å². The molecule has 1 aromatic rings. The average Bonchev–Trinajstić information content (AvgIpc) is 3.24. The number of aromatic nitrogens is 3. The van der Waals surface area contributed by atoms with E-state index in [1.807, 2.05) is 18.5 Å². The summed E-state index contributed by atoms with van der Waals surface area (Å²) in [6, 6.07) is 0. The topological polar surface area (TPSA) is 85.6 Å². The van der Waals surface area contributed by atoms with Crippen LogP contribution in [0.2, 0.25) is 0 Å². The normalized spacial score (nSPS) is 17.2. The Hall–Kier alpha value is -0.940. The fraction of sp³-hybridized carbons (Fsp3) is 0.833. The quantitative estimate of drug-likeness (QED) is 0.224. The molecule has 1 aliphatic rings. The van der Waals surface area contributed by atoms with E-state index in [-0.39, 0.29) is 30.1 Å². The van der Waals surface area contributed by atoms with Gasteiger partial charge in [0.25, 0.3) is 0 Å². The number of hydrogen-bond donors (Lipinski definition) is 2. The largest absolute Gasteiger partial charge is 0.380 e. The monoisotopic (exact) mass is 494 g/mol. The number of nitrogens with zero attached hydrogens (tertiary/aromatic N) is 4. The van der Waals surface area contributed by atoms with Gasteiger partial charge in [0.05, 0.1) is 12.7 Å². The number of aryl methyl sites for hydroxylation is 1. The van der Waals surface area contributed by atoms with Crippen LogP contribution in [0, 0.1) is 12.8 Å². The first-order valence-electron chi connectivity index (χ1n) is 9.62. The van der Waals surface area contributed by atoms with Crippen molar-refractivity contribution in [2.24, 2.45) is 18.0 Å². The van der Waals surface area contributed by atoms with Gasteiger partial charge in [-0.2, -0.15) is 0 Å². The molecule has 0 saturated carbocycles. The average molecular weight is 494 g/mol. The summed E-state index contributed by atoms with van der Waals surface area (Å²) < 4.78 is 13.3. The fourth-order valence-corrected chi connectivity index (χ4v) is 2.59. The molecule has 0 aliphatic carbocycles. The molecule has 1 aliphatic heterocycles. The zero-order valence-corrected chi connectivity index (χ0v) is 19.4. The lowest BCUT2D eigenvalue weighted by molar-refractivity contribution is 0.113. The Labute approximate surface area is 179 Å². The van der Waals surface area contributed by atoms with Crippen LogP contribution in [0.15, 0.2) is 4.99 Å². The third-order valence-electron chi connectivity index (χ3n) is 4.46. The van der Waals surface area contributed by atoms with Crippen LogP contribution in [0.5, 0.6) is 0 Å². The minimum Gasteiger partial charge on any atom is -0.380 e. The third-order valence-corrected chi connectivity index (χ3v) is 4.46. The Morgan fingerprint density at radius 1 is 1.33 bits per heavy atom. The molecule has 156 valence electrons. The Bertz CT molecular complexity index is 558. The van der Waals surface area contributed by atoms with E-state index in [0.29, 0.717) is 25.6 Å². The van der Waals surface area contributed by atoms with E-state index < -0.39 is 0 Å². The van der Waals surface area contributed by atoms with Gasteiger partial charge in [-0.05, 0) is 32.1 Å². The highest BCUT2D eigenvalue weighted by Gasteiger charge is 2.15. The van der Waals surface area contributed by atoms with Crippen LogP contribution >= 0.6 is 24.0 Å². The highest BCUT2D eigenvalue weighted by Crippen LogP contribution is 2.10. The van der Waals surface area contributed by atoms with Gasteiger partial charge in [0.2, 0.25) is 0 Å². The number of guanidine groups is 1. The first kappa shape index (κ1) is 24.1. The Morgan fingerprint density at radius 3 is 2.78 bits per heavy atom. The molecular formula is C18H35IN6O2. The van der Waals surface area contributed by atoms with Crippen molar-refractivity contribution < 1.29 is 9.47 Å². The summed E-state index contributed by atoms with van der Waals surface area (Å²) in [6.45, 7) is 10.6. The summed E-state index contributed by atoms with van der Waals surface area (Å²) in [4.78, 5) is 4.64. The van der Waals surface area contributed by atoms with Gasteiger partial charge in [0.15, 0.2) is 11.8 Å². The van der Waals surface area contributed by atoms with Crippen LogP contribution in [0.4, 0.5) is 0 Å². The summed E-state index contributed by atoms with van der Waals surface area (Å²) in [6.07, 6.45) is 3.58.